The molecule has 0 aromatic rings. The van der Waals surface area contributed by atoms with E-state index in [0.717, 1.165) is 19.4 Å². The highest BCUT2D eigenvalue weighted by Crippen LogP contribution is 2.27. The second-order valence-electron chi connectivity index (χ2n) is 3.82. The molecule has 1 saturated carbocycles. The predicted octanol–water partition coefficient (Wildman–Crippen LogP) is 1.41. The van der Waals surface area contributed by atoms with Gasteiger partial charge in [0.05, 0.1) is 5.92 Å². The van der Waals surface area contributed by atoms with Gasteiger partial charge < -0.3 is 10.4 Å². The number of carboxylic acids is 1. The Morgan fingerprint density at radius 2 is 2.23 bits per heavy atom. The summed E-state index contributed by atoms with van der Waals surface area (Å²) in [4.78, 5) is 10.6. The average molecular weight is 183 g/mol. The van der Waals surface area contributed by atoms with Crippen LogP contribution in [0.1, 0.15) is 26.7 Å². The molecule has 0 spiro atoms. The Morgan fingerprint density at radius 3 is 2.62 bits per heavy atom. The molecular formula is C10H17NO2. The normalized spacial score (nSPS) is 26.3. The van der Waals surface area contributed by atoms with Crippen LogP contribution in [0.4, 0.5) is 0 Å². The van der Waals surface area contributed by atoms with Gasteiger partial charge in [0, 0.05) is 12.6 Å². The van der Waals surface area contributed by atoms with Crippen LogP contribution in [0.15, 0.2) is 11.6 Å². The van der Waals surface area contributed by atoms with Gasteiger partial charge in [-0.3, -0.25) is 4.79 Å². The molecule has 0 radical (unpaired) electrons. The van der Waals surface area contributed by atoms with Crippen LogP contribution in [0, 0.1) is 5.92 Å². The summed E-state index contributed by atoms with van der Waals surface area (Å²) in [5, 5.41) is 12.0. The highest BCUT2D eigenvalue weighted by atomic mass is 16.4. The van der Waals surface area contributed by atoms with E-state index in [-0.39, 0.29) is 12.0 Å². The molecule has 1 aliphatic carbocycles. The van der Waals surface area contributed by atoms with Crippen LogP contribution in [0.3, 0.4) is 0 Å². The molecule has 2 atom stereocenters. The lowest BCUT2D eigenvalue weighted by Gasteiger charge is -2.33. The molecule has 0 amide bonds. The molecule has 0 aliphatic heterocycles. The molecule has 74 valence electrons. The summed E-state index contributed by atoms with van der Waals surface area (Å²) in [6.07, 6.45) is 3.90. The Morgan fingerprint density at radius 1 is 1.54 bits per heavy atom. The minimum Gasteiger partial charge on any atom is -0.481 e. The van der Waals surface area contributed by atoms with E-state index in [1.165, 1.54) is 5.57 Å². The standard InChI is InChI=1S/C10H17NO2/c1-7(2)5-6-11-9-4-3-8(9)10(12)13/h5,8-9,11H,3-4,6H2,1-2H3,(H,12,13). The molecule has 2 unspecified atom stereocenters. The highest BCUT2D eigenvalue weighted by Gasteiger charge is 2.35. The Hall–Kier alpha value is -0.830. The largest absolute Gasteiger partial charge is 0.481 e. The average Bonchev–Trinajstić information content (AvgIpc) is 1.93. The van der Waals surface area contributed by atoms with Crippen molar-refractivity contribution in [2.45, 2.75) is 32.7 Å². The van der Waals surface area contributed by atoms with Crippen LogP contribution >= 0.6 is 0 Å². The first-order valence-electron chi connectivity index (χ1n) is 4.71. The molecule has 13 heavy (non-hydrogen) atoms. The number of hydrogen-bond acceptors (Lipinski definition) is 2. The number of rotatable bonds is 4. The third-order valence-corrected chi connectivity index (χ3v) is 2.48. The van der Waals surface area contributed by atoms with Gasteiger partial charge in [-0.25, -0.2) is 0 Å². The first-order chi connectivity index (χ1) is 6.11. The van der Waals surface area contributed by atoms with Gasteiger partial charge in [-0.2, -0.15) is 0 Å². The van der Waals surface area contributed by atoms with Crippen molar-refractivity contribution in [2.24, 2.45) is 5.92 Å². The summed E-state index contributed by atoms with van der Waals surface area (Å²) in [5.74, 6) is -0.827. The molecule has 1 fully saturated rings. The van der Waals surface area contributed by atoms with E-state index in [2.05, 4.69) is 11.4 Å². The number of nitrogens with one attached hydrogen (secondary N) is 1. The number of carboxylic acid groups (broad SMARTS) is 1. The van der Waals surface area contributed by atoms with E-state index in [1.54, 1.807) is 0 Å². The zero-order chi connectivity index (χ0) is 9.84. The molecule has 0 aromatic carbocycles. The maximum atomic E-state index is 10.6. The topological polar surface area (TPSA) is 49.3 Å². The summed E-state index contributed by atoms with van der Waals surface area (Å²) in [6, 6.07) is 0.188. The zero-order valence-electron chi connectivity index (χ0n) is 8.21. The fourth-order valence-corrected chi connectivity index (χ4v) is 1.45. The van der Waals surface area contributed by atoms with E-state index in [0.29, 0.717) is 0 Å². The molecule has 1 aliphatic rings. The molecule has 3 nitrogen and oxygen atoms in total. The maximum absolute atomic E-state index is 10.6. The van der Waals surface area contributed by atoms with Gasteiger partial charge in [-0.1, -0.05) is 11.6 Å². The van der Waals surface area contributed by atoms with Crippen molar-refractivity contribution in [1.82, 2.24) is 5.32 Å². The number of hydrogen-bond donors (Lipinski definition) is 2. The van der Waals surface area contributed by atoms with Crippen LogP contribution < -0.4 is 5.32 Å². The fraction of sp³-hybridized carbons (Fsp3) is 0.700. The van der Waals surface area contributed by atoms with Crippen LogP contribution in [0.5, 0.6) is 0 Å². The summed E-state index contributed by atoms with van der Waals surface area (Å²) in [5.41, 5.74) is 1.26. The molecule has 0 aromatic heterocycles. The van der Waals surface area contributed by atoms with Gasteiger partial charge in [0.2, 0.25) is 0 Å². The molecule has 0 saturated heterocycles. The van der Waals surface area contributed by atoms with Crippen molar-refractivity contribution in [3.05, 3.63) is 11.6 Å². The van der Waals surface area contributed by atoms with Crippen LogP contribution in [0.25, 0.3) is 0 Å². The minimum atomic E-state index is -0.666. The van der Waals surface area contributed by atoms with Crippen molar-refractivity contribution in [3.63, 3.8) is 0 Å². The number of allylic oxidation sites excluding steroid dienone is 1. The van der Waals surface area contributed by atoms with Gasteiger partial charge in [0.25, 0.3) is 0 Å². The Bertz CT molecular complexity index is 219. The predicted molar refractivity (Wildman–Crippen MR) is 51.6 cm³/mol. The summed E-state index contributed by atoms with van der Waals surface area (Å²) in [7, 11) is 0. The second kappa shape index (κ2) is 4.42. The maximum Gasteiger partial charge on any atom is 0.308 e. The van der Waals surface area contributed by atoms with Gasteiger partial charge in [0.1, 0.15) is 0 Å². The summed E-state index contributed by atoms with van der Waals surface area (Å²) in [6.45, 7) is 4.87. The lowest BCUT2D eigenvalue weighted by molar-refractivity contribution is -0.145. The monoisotopic (exact) mass is 183 g/mol. The third kappa shape index (κ3) is 2.84. The fourth-order valence-electron chi connectivity index (χ4n) is 1.45. The molecule has 1 rings (SSSR count). The molecule has 0 bridgehead atoms. The smallest absolute Gasteiger partial charge is 0.308 e. The summed E-state index contributed by atoms with van der Waals surface area (Å²) >= 11 is 0. The first-order valence-corrected chi connectivity index (χ1v) is 4.71. The number of carbonyl (C=O) groups is 1. The molecular weight excluding hydrogens is 166 g/mol. The Kier molecular flexibility index (Phi) is 3.48. The van der Waals surface area contributed by atoms with Crippen LogP contribution in [0.2, 0.25) is 0 Å². The lowest BCUT2D eigenvalue weighted by Crippen LogP contribution is -2.47. The van der Waals surface area contributed by atoms with E-state index >= 15 is 0 Å². The molecule has 0 heterocycles. The van der Waals surface area contributed by atoms with Crippen molar-refractivity contribution in [1.29, 1.82) is 0 Å². The van der Waals surface area contributed by atoms with E-state index < -0.39 is 5.97 Å². The minimum absolute atomic E-state index is 0.162. The first kappa shape index (κ1) is 10.3. The third-order valence-electron chi connectivity index (χ3n) is 2.48. The van der Waals surface area contributed by atoms with Crippen molar-refractivity contribution in [3.8, 4) is 0 Å². The van der Waals surface area contributed by atoms with Crippen molar-refractivity contribution in [2.75, 3.05) is 6.54 Å². The van der Waals surface area contributed by atoms with Crippen LogP contribution in [-0.4, -0.2) is 23.7 Å². The van der Waals surface area contributed by atoms with Crippen LogP contribution in [-0.2, 0) is 4.79 Å². The quantitative estimate of drug-likeness (QED) is 0.648. The van der Waals surface area contributed by atoms with Gasteiger partial charge in [-0.15, -0.1) is 0 Å². The zero-order valence-corrected chi connectivity index (χ0v) is 8.21. The molecule has 3 heteroatoms. The second-order valence-corrected chi connectivity index (χ2v) is 3.82. The SMILES string of the molecule is CC(C)=CCNC1CCC1C(=O)O. The van der Waals surface area contributed by atoms with E-state index in [4.69, 9.17) is 5.11 Å². The summed E-state index contributed by atoms with van der Waals surface area (Å²) < 4.78 is 0. The van der Waals surface area contributed by atoms with E-state index in [9.17, 15) is 4.79 Å². The van der Waals surface area contributed by atoms with Crippen molar-refractivity contribution >= 4 is 5.97 Å². The molecule has 2 N–H and O–H groups in total. The van der Waals surface area contributed by atoms with E-state index in [1.807, 2.05) is 13.8 Å². The van der Waals surface area contributed by atoms with Gasteiger partial charge in [-0.05, 0) is 26.7 Å². The number of aliphatic carboxylic acids is 1. The highest BCUT2D eigenvalue weighted by molar-refractivity contribution is 5.72. The van der Waals surface area contributed by atoms with Crippen molar-refractivity contribution < 1.29 is 9.90 Å². The Balaban J connectivity index is 2.23. The lowest BCUT2D eigenvalue weighted by atomic mass is 9.79. The Labute approximate surface area is 78.8 Å². The van der Waals surface area contributed by atoms with Gasteiger partial charge >= 0.3 is 5.97 Å². The van der Waals surface area contributed by atoms with Gasteiger partial charge in [0.15, 0.2) is 0 Å².